The van der Waals surface area contributed by atoms with Gasteiger partial charge in [-0.1, -0.05) is 24.8 Å². The van der Waals surface area contributed by atoms with Gasteiger partial charge in [0.25, 0.3) is 0 Å². The van der Waals surface area contributed by atoms with Crippen LogP contribution in [0.1, 0.15) is 19.3 Å². The van der Waals surface area contributed by atoms with E-state index < -0.39 is 6.17 Å². The fourth-order valence-corrected chi connectivity index (χ4v) is 7.93. The maximum absolute atomic E-state index is 14.4. The van der Waals surface area contributed by atoms with E-state index in [4.69, 9.17) is 26.3 Å². The monoisotopic (exact) mass is 597 g/mol. The first kappa shape index (κ1) is 27.7. The number of pyridine rings is 1. The van der Waals surface area contributed by atoms with Crippen molar-refractivity contribution in [1.82, 2.24) is 24.8 Å². The van der Waals surface area contributed by atoms with Gasteiger partial charge in [-0.05, 0) is 48.4 Å². The van der Waals surface area contributed by atoms with Crippen molar-refractivity contribution in [2.24, 2.45) is 0 Å². The average Bonchev–Trinajstić information content (AvgIpc) is 3.73. The molecule has 3 fully saturated rings. The summed E-state index contributed by atoms with van der Waals surface area (Å²) in [7, 11) is 0. The van der Waals surface area contributed by atoms with Gasteiger partial charge in [0.1, 0.15) is 24.3 Å². The van der Waals surface area contributed by atoms with Gasteiger partial charge in [-0.2, -0.15) is 9.97 Å². The number of piperazine rings is 1. The number of halogens is 1. The van der Waals surface area contributed by atoms with Crippen LogP contribution >= 0.6 is 11.3 Å². The molecule has 0 saturated carbocycles. The van der Waals surface area contributed by atoms with Crippen molar-refractivity contribution in [2.45, 2.75) is 37.0 Å². The van der Waals surface area contributed by atoms with Crippen LogP contribution in [-0.2, 0) is 4.79 Å². The lowest BCUT2D eigenvalue weighted by Gasteiger charge is -2.39. The number of carbonyl (C=O) groups is 1. The number of alkyl halides is 1. The summed E-state index contributed by atoms with van der Waals surface area (Å²) >= 11 is 1.69. The van der Waals surface area contributed by atoms with Crippen molar-refractivity contribution in [2.75, 3.05) is 50.8 Å². The normalized spacial score (nSPS) is 23.9. The summed E-state index contributed by atoms with van der Waals surface area (Å²) in [6.45, 7) is 14.3. The minimum absolute atomic E-state index is 0.174. The molecule has 0 spiro atoms. The quantitative estimate of drug-likeness (QED) is 0.220. The highest BCUT2D eigenvalue weighted by atomic mass is 32.1. The van der Waals surface area contributed by atoms with Gasteiger partial charge < -0.3 is 19.4 Å². The second kappa shape index (κ2) is 11.2. The molecule has 3 aliphatic heterocycles. The molecule has 220 valence electrons. The van der Waals surface area contributed by atoms with E-state index in [-0.39, 0.29) is 30.0 Å². The van der Waals surface area contributed by atoms with Gasteiger partial charge in [-0.3, -0.25) is 14.7 Å². The van der Waals surface area contributed by atoms with Crippen LogP contribution in [-0.4, -0.2) is 94.3 Å². The molecule has 4 aromatic rings. The molecule has 0 radical (unpaired) electrons. The number of hydrogen-bond acceptors (Lipinski definition) is 8. The van der Waals surface area contributed by atoms with E-state index in [0.717, 1.165) is 30.5 Å². The summed E-state index contributed by atoms with van der Waals surface area (Å²) in [5, 5.41) is 3.26. The third-order valence-electron chi connectivity index (χ3n) is 9.06. The Labute approximate surface area is 253 Å². The van der Waals surface area contributed by atoms with Crippen molar-refractivity contribution in [1.29, 1.82) is 0 Å². The molecule has 11 heteroatoms. The molecule has 3 saturated heterocycles. The molecule has 6 heterocycles. The Morgan fingerprint density at radius 3 is 3.02 bits per heavy atom. The summed E-state index contributed by atoms with van der Waals surface area (Å²) in [5.74, 6) is 0.427. The van der Waals surface area contributed by atoms with E-state index in [1.807, 2.05) is 18.3 Å². The van der Waals surface area contributed by atoms with Crippen LogP contribution in [0.15, 0.2) is 54.6 Å². The lowest BCUT2D eigenvalue weighted by atomic mass is 9.95. The molecule has 3 aromatic heterocycles. The van der Waals surface area contributed by atoms with Crippen molar-refractivity contribution >= 4 is 44.2 Å². The number of carbonyl (C=O) groups excluding carboxylic acids is 1. The van der Waals surface area contributed by atoms with E-state index in [2.05, 4.69) is 44.8 Å². The van der Waals surface area contributed by atoms with Crippen LogP contribution in [0.5, 0.6) is 6.01 Å². The number of thiophene rings is 1. The summed E-state index contributed by atoms with van der Waals surface area (Å²) in [6, 6.07) is 10.3. The van der Waals surface area contributed by atoms with Gasteiger partial charge in [0.15, 0.2) is 5.82 Å². The first-order chi connectivity index (χ1) is 21.0. The minimum Gasteiger partial charge on any atom is -0.461 e. The topological polar surface area (TPSA) is 79.1 Å². The molecular formula is C32H32FN7O2S. The minimum atomic E-state index is -0.849. The Kier molecular flexibility index (Phi) is 7.19. The number of hydrogen-bond donors (Lipinski definition) is 0. The molecule has 43 heavy (non-hydrogen) atoms. The molecule has 3 atom stereocenters. The summed E-state index contributed by atoms with van der Waals surface area (Å²) < 4.78 is 22.0. The Balaban J connectivity index is 1.28. The zero-order chi connectivity index (χ0) is 29.6. The van der Waals surface area contributed by atoms with Gasteiger partial charge in [0.2, 0.25) is 12.5 Å². The Morgan fingerprint density at radius 1 is 1.26 bits per heavy atom. The number of anilines is 1. The van der Waals surface area contributed by atoms with Gasteiger partial charge in [0, 0.05) is 54.6 Å². The van der Waals surface area contributed by atoms with Crippen LogP contribution < -0.4 is 9.64 Å². The second-order valence-corrected chi connectivity index (χ2v) is 12.5. The Hall–Kier alpha value is -4.14. The number of amides is 1. The zero-order valence-electron chi connectivity index (χ0n) is 23.8. The van der Waals surface area contributed by atoms with Crippen LogP contribution in [0.4, 0.5) is 10.2 Å². The van der Waals surface area contributed by atoms with Gasteiger partial charge in [0.05, 0.1) is 11.1 Å². The lowest BCUT2D eigenvalue weighted by molar-refractivity contribution is -0.128. The maximum Gasteiger partial charge on any atom is 0.319 e. The van der Waals surface area contributed by atoms with E-state index in [1.54, 1.807) is 16.2 Å². The standard InChI is InChI=1S/C32H32FN7O2S/c1-3-27(41)40-12-11-38(19-24(40)17-34-2)30-28-26(14-22(16-35-28)25-7-4-6-21-8-13-43-29(21)25)36-31(37-30)42-20-32-9-5-10-39(32)18-23(33)15-32/h3-4,6-8,13-14,16,23-24H,1,5,9-12,15,17-20H2/t23-,24+,32?/m1/s1. The Morgan fingerprint density at radius 2 is 2.16 bits per heavy atom. The number of fused-ring (bicyclic) bond motifs is 3. The van der Waals surface area contributed by atoms with Crippen molar-refractivity contribution in [3.05, 3.63) is 66.0 Å². The molecule has 0 bridgehead atoms. The second-order valence-electron chi connectivity index (χ2n) is 11.6. The number of ether oxygens (including phenoxy) is 1. The van der Waals surface area contributed by atoms with E-state index in [9.17, 15) is 9.18 Å². The van der Waals surface area contributed by atoms with Crippen molar-refractivity contribution < 1.29 is 13.9 Å². The summed E-state index contributed by atoms with van der Waals surface area (Å²) in [4.78, 5) is 36.7. The molecule has 7 rings (SSSR count). The SMILES string of the molecule is [C-]#[N+]C[C@H]1CN(c2nc(OCC34CCCN3C[C@H](F)C4)nc3cc(-c4cccc5ccsc45)cnc23)CCN1C(=O)C=C. The van der Waals surface area contributed by atoms with E-state index >= 15 is 0 Å². The first-order valence-corrected chi connectivity index (χ1v) is 15.5. The third-order valence-corrected chi connectivity index (χ3v) is 10.0. The van der Waals surface area contributed by atoms with Gasteiger partial charge in [-0.25, -0.2) is 11.0 Å². The Bertz CT molecular complexity index is 1750. The number of rotatable bonds is 7. The first-order valence-electron chi connectivity index (χ1n) is 14.7. The highest BCUT2D eigenvalue weighted by molar-refractivity contribution is 7.17. The molecule has 1 amide bonds. The fourth-order valence-electron chi connectivity index (χ4n) is 7.00. The number of nitrogens with zero attached hydrogens (tertiary/aromatic N) is 7. The molecule has 1 aromatic carbocycles. The van der Waals surface area contributed by atoms with Crippen LogP contribution in [0.2, 0.25) is 0 Å². The van der Waals surface area contributed by atoms with E-state index in [1.165, 1.54) is 16.2 Å². The third kappa shape index (κ3) is 4.98. The van der Waals surface area contributed by atoms with Crippen molar-refractivity contribution in [3.63, 3.8) is 0 Å². The molecule has 0 N–H and O–H groups in total. The molecule has 1 unspecified atom stereocenters. The molecule has 3 aliphatic rings. The van der Waals surface area contributed by atoms with Crippen LogP contribution in [0, 0.1) is 6.57 Å². The largest absolute Gasteiger partial charge is 0.461 e. The smallest absolute Gasteiger partial charge is 0.319 e. The molecule has 9 nitrogen and oxygen atoms in total. The van der Waals surface area contributed by atoms with E-state index in [0.29, 0.717) is 56.1 Å². The van der Waals surface area contributed by atoms with Gasteiger partial charge in [-0.15, -0.1) is 11.3 Å². The van der Waals surface area contributed by atoms with Crippen LogP contribution in [0.3, 0.4) is 0 Å². The molecular weight excluding hydrogens is 565 g/mol. The fraction of sp³-hybridized carbons (Fsp3) is 0.406. The average molecular weight is 598 g/mol. The molecule has 0 aliphatic carbocycles. The highest BCUT2D eigenvalue weighted by Crippen LogP contribution is 2.41. The highest BCUT2D eigenvalue weighted by Gasteiger charge is 2.49. The zero-order valence-corrected chi connectivity index (χ0v) is 24.6. The predicted molar refractivity (Wildman–Crippen MR) is 166 cm³/mol. The predicted octanol–water partition coefficient (Wildman–Crippen LogP) is 4.98. The lowest BCUT2D eigenvalue weighted by Crippen LogP contribution is -2.56. The summed E-state index contributed by atoms with van der Waals surface area (Å²) in [5.41, 5.74) is 2.97. The maximum atomic E-state index is 14.4. The van der Waals surface area contributed by atoms with Gasteiger partial charge >= 0.3 is 6.01 Å². The van der Waals surface area contributed by atoms with Crippen LogP contribution in [0.25, 0.3) is 37.1 Å². The summed E-state index contributed by atoms with van der Waals surface area (Å²) in [6.07, 6.45) is 4.68. The van der Waals surface area contributed by atoms with Crippen molar-refractivity contribution in [3.8, 4) is 17.1 Å². The number of benzene rings is 1. The number of aromatic nitrogens is 3.